The Labute approximate surface area is 184 Å². The number of rotatable bonds is 7. The first-order chi connectivity index (χ1) is 14.9. The molecule has 3 atom stereocenters. The largest absolute Gasteiger partial charge is 0.458 e. The third kappa shape index (κ3) is 7.12. The first-order valence-corrected chi connectivity index (χ1v) is 9.90. The van der Waals surface area contributed by atoms with Crippen LogP contribution in [0.5, 0.6) is 0 Å². The molecule has 0 saturated carbocycles. The molecule has 0 fully saturated rings. The zero-order valence-corrected chi connectivity index (χ0v) is 18.2. The number of hydrogen-bond donors (Lipinski definition) is 3. The van der Waals surface area contributed by atoms with Gasteiger partial charge in [-0.3, -0.25) is 9.59 Å². The summed E-state index contributed by atoms with van der Waals surface area (Å²) in [4.78, 5) is 37.6. The lowest BCUT2D eigenvalue weighted by molar-refractivity contribution is -0.159. The monoisotopic (exact) mass is 448 g/mol. The fourth-order valence-corrected chi connectivity index (χ4v) is 2.79. The standard InChI is InChI=1S/C23H26F2N2O5/c1-13(26-21(30)19(28)15-10-16(24)12-17(25)11-15)20(29)27-18(14-8-6-5-7-9-14)22(31)32-23(2,3)4/h5-13,18-19,28H,1-4H3,(H,26,30)(H,27,29)/t13-,18-,19?/m0/s1. The average Bonchev–Trinajstić information content (AvgIpc) is 2.69. The lowest BCUT2D eigenvalue weighted by atomic mass is 10.1. The van der Waals surface area contributed by atoms with Gasteiger partial charge < -0.3 is 20.5 Å². The van der Waals surface area contributed by atoms with E-state index in [1.54, 1.807) is 51.1 Å². The number of carbonyl (C=O) groups is 3. The number of halogens is 2. The van der Waals surface area contributed by atoms with E-state index in [4.69, 9.17) is 4.74 Å². The third-order valence-corrected chi connectivity index (χ3v) is 4.26. The van der Waals surface area contributed by atoms with Crippen molar-refractivity contribution in [2.75, 3.05) is 0 Å². The summed E-state index contributed by atoms with van der Waals surface area (Å²) < 4.78 is 32.1. The Hall–Kier alpha value is -3.33. The van der Waals surface area contributed by atoms with Gasteiger partial charge in [-0.15, -0.1) is 0 Å². The lowest BCUT2D eigenvalue weighted by Crippen LogP contribution is -2.49. The number of aliphatic hydroxyl groups excluding tert-OH is 1. The van der Waals surface area contributed by atoms with E-state index in [1.807, 2.05) is 0 Å². The number of nitrogens with one attached hydrogen (secondary N) is 2. The molecule has 3 N–H and O–H groups in total. The molecule has 9 heteroatoms. The maximum Gasteiger partial charge on any atom is 0.333 e. The number of aliphatic hydroxyl groups is 1. The second-order valence-electron chi connectivity index (χ2n) is 8.22. The van der Waals surface area contributed by atoms with Crippen molar-refractivity contribution in [3.05, 3.63) is 71.3 Å². The Balaban J connectivity index is 2.11. The maximum absolute atomic E-state index is 13.3. The number of esters is 1. The Bertz CT molecular complexity index is 956. The second kappa shape index (κ2) is 10.3. The number of carbonyl (C=O) groups excluding carboxylic acids is 3. The summed E-state index contributed by atoms with van der Waals surface area (Å²) in [5.41, 5.74) is -0.619. The molecule has 0 radical (unpaired) electrons. The summed E-state index contributed by atoms with van der Waals surface area (Å²) in [5, 5.41) is 14.9. The molecule has 0 heterocycles. The van der Waals surface area contributed by atoms with E-state index in [-0.39, 0.29) is 5.56 Å². The van der Waals surface area contributed by atoms with Crippen molar-refractivity contribution in [3.63, 3.8) is 0 Å². The summed E-state index contributed by atoms with van der Waals surface area (Å²) in [5.74, 6) is -4.37. The summed E-state index contributed by atoms with van der Waals surface area (Å²) in [6.07, 6.45) is -1.90. The minimum absolute atomic E-state index is 0.302. The van der Waals surface area contributed by atoms with Gasteiger partial charge in [-0.25, -0.2) is 13.6 Å². The molecule has 1 unspecified atom stereocenters. The van der Waals surface area contributed by atoms with Crippen LogP contribution in [0.25, 0.3) is 0 Å². The van der Waals surface area contributed by atoms with Gasteiger partial charge in [0.05, 0.1) is 0 Å². The SMILES string of the molecule is C[C@H](NC(=O)C(O)c1cc(F)cc(F)c1)C(=O)N[C@H](C(=O)OC(C)(C)C)c1ccccc1. The van der Waals surface area contributed by atoms with Gasteiger partial charge in [0.15, 0.2) is 12.1 Å². The number of hydrogen-bond acceptors (Lipinski definition) is 5. The van der Waals surface area contributed by atoms with Crippen LogP contribution in [0.15, 0.2) is 48.5 Å². The Morgan fingerprint density at radius 1 is 0.906 bits per heavy atom. The van der Waals surface area contributed by atoms with Gasteiger partial charge in [-0.05, 0) is 51.0 Å². The zero-order chi connectivity index (χ0) is 24.1. The van der Waals surface area contributed by atoms with Crippen molar-refractivity contribution in [1.82, 2.24) is 10.6 Å². The quantitative estimate of drug-likeness (QED) is 0.565. The van der Waals surface area contributed by atoms with Crippen LogP contribution >= 0.6 is 0 Å². The average molecular weight is 448 g/mol. The van der Waals surface area contributed by atoms with E-state index in [0.717, 1.165) is 12.1 Å². The van der Waals surface area contributed by atoms with Gasteiger partial charge in [0, 0.05) is 6.07 Å². The minimum Gasteiger partial charge on any atom is -0.458 e. The zero-order valence-electron chi connectivity index (χ0n) is 18.2. The van der Waals surface area contributed by atoms with E-state index < -0.39 is 53.2 Å². The normalized spacial score (nSPS) is 14.1. The van der Waals surface area contributed by atoms with Crippen molar-refractivity contribution < 1.29 is 33.0 Å². The van der Waals surface area contributed by atoms with Crippen molar-refractivity contribution >= 4 is 17.8 Å². The number of ether oxygens (including phenoxy) is 1. The molecule has 2 rings (SSSR count). The topological polar surface area (TPSA) is 105 Å². The molecule has 0 saturated heterocycles. The predicted octanol–water partition coefficient (Wildman–Crippen LogP) is 2.70. The van der Waals surface area contributed by atoms with E-state index in [0.29, 0.717) is 11.6 Å². The van der Waals surface area contributed by atoms with Crippen LogP contribution in [0.1, 0.15) is 51.0 Å². The highest BCUT2D eigenvalue weighted by Crippen LogP contribution is 2.19. The van der Waals surface area contributed by atoms with Crippen LogP contribution in [-0.4, -0.2) is 34.5 Å². The molecule has 0 spiro atoms. The summed E-state index contributed by atoms with van der Waals surface area (Å²) in [7, 11) is 0. The number of benzene rings is 2. The van der Waals surface area contributed by atoms with Crippen LogP contribution < -0.4 is 10.6 Å². The molecule has 2 aromatic rings. The van der Waals surface area contributed by atoms with Gasteiger partial charge in [0.25, 0.3) is 5.91 Å². The minimum atomic E-state index is -1.90. The molecule has 0 aliphatic carbocycles. The molecular formula is C23H26F2N2O5. The van der Waals surface area contributed by atoms with Crippen LogP contribution in [0, 0.1) is 11.6 Å². The molecule has 172 valence electrons. The fraction of sp³-hybridized carbons (Fsp3) is 0.348. The van der Waals surface area contributed by atoms with Gasteiger partial charge in [-0.1, -0.05) is 30.3 Å². The van der Waals surface area contributed by atoms with E-state index in [9.17, 15) is 28.3 Å². The molecule has 2 amide bonds. The molecule has 2 aromatic carbocycles. The number of amides is 2. The predicted molar refractivity (Wildman–Crippen MR) is 112 cm³/mol. The summed E-state index contributed by atoms with van der Waals surface area (Å²) >= 11 is 0. The maximum atomic E-state index is 13.3. The van der Waals surface area contributed by atoms with Gasteiger partial charge in [0.2, 0.25) is 5.91 Å². The molecule has 0 aliphatic rings. The smallest absolute Gasteiger partial charge is 0.333 e. The van der Waals surface area contributed by atoms with Gasteiger partial charge >= 0.3 is 5.97 Å². The van der Waals surface area contributed by atoms with Crippen molar-refractivity contribution in [3.8, 4) is 0 Å². The molecule has 0 bridgehead atoms. The third-order valence-electron chi connectivity index (χ3n) is 4.26. The Morgan fingerprint density at radius 3 is 2.00 bits per heavy atom. The van der Waals surface area contributed by atoms with Crippen LogP contribution in [-0.2, 0) is 19.1 Å². The van der Waals surface area contributed by atoms with Crippen molar-refractivity contribution in [2.24, 2.45) is 0 Å². The van der Waals surface area contributed by atoms with E-state index >= 15 is 0 Å². The molecular weight excluding hydrogens is 422 g/mol. The first kappa shape index (κ1) is 24.9. The van der Waals surface area contributed by atoms with Gasteiger partial charge in [0.1, 0.15) is 23.3 Å². The fourth-order valence-electron chi connectivity index (χ4n) is 2.79. The van der Waals surface area contributed by atoms with Crippen molar-refractivity contribution in [2.45, 2.75) is 51.5 Å². The molecule has 0 aliphatic heterocycles. The van der Waals surface area contributed by atoms with E-state index in [1.165, 1.54) is 6.92 Å². The highest BCUT2D eigenvalue weighted by atomic mass is 19.1. The van der Waals surface area contributed by atoms with Crippen LogP contribution in [0.3, 0.4) is 0 Å². The molecule has 7 nitrogen and oxygen atoms in total. The highest BCUT2D eigenvalue weighted by Gasteiger charge is 2.30. The Kier molecular flexibility index (Phi) is 8.04. The van der Waals surface area contributed by atoms with Crippen molar-refractivity contribution in [1.29, 1.82) is 0 Å². The van der Waals surface area contributed by atoms with Crippen LogP contribution in [0.2, 0.25) is 0 Å². The first-order valence-electron chi connectivity index (χ1n) is 9.90. The highest BCUT2D eigenvalue weighted by molar-refractivity contribution is 5.92. The lowest BCUT2D eigenvalue weighted by Gasteiger charge is -2.26. The summed E-state index contributed by atoms with van der Waals surface area (Å²) in [6, 6.07) is 8.32. The Morgan fingerprint density at radius 2 is 1.47 bits per heavy atom. The molecule has 0 aromatic heterocycles. The van der Waals surface area contributed by atoms with Gasteiger partial charge in [-0.2, -0.15) is 0 Å². The molecule has 32 heavy (non-hydrogen) atoms. The second-order valence-corrected chi connectivity index (χ2v) is 8.22. The van der Waals surface area contributed by atoms with E-state index in [2.05, 4.69) is 10.6 Å². The summed E-state index contributed by atoms with van der Waals surface area (Å²) in [6.45, 7) is 6.40. The van der Waals surface area contributed by atoms with Crippen LogP contribution in [0.4, 0.5) is 8.78 Å².